The van der Waals surface area contributed by atoms with Gasteiger partial charge in [-0.3, -0.25) is 9.59 Å². The highest BCUT2D eigenvalue weighted by molar-refractivity contribution is 5.94. The molecule has 0 aliphatic heterocycles. The standard InChI is InChI=1S/C27H38N2O2/c1-5-6-17-29-24-12-10-8-7-9-11-21(24)18-23(26(29)31)25(30)28-19-20-13-15-22(16-14-20)27(2,3)4/h13-16,18H,5-12,17,19H2,1-4H3,(H,28,30). The number of pyridine rings is 1. The van der Waals surface area contributed by atoms with Crippen molar-refractivity contribution in [1.82, 2.24) is 9.88 Å². The van der Waals surface area contributed by atoms with Crippen LogP contribution in [0.5, 0.6) is 0 Å². The average molecular weight is 423 g/mol. The first-order chi connectivity index (χ1) is 14.8. The molecule has 168 valence electrons. The van der Waals surface area contributed by atoms with E-state index >= 15 is 0 Å². The number of aryl methyl sites for hydroxylation is 1. The fourth-order valence-electron chi connectivity index (χ4n) is 4.35. The summed E-state index contributed by atoms with van der Waals surface area (Å²) in [4.78, 5) is 26.3. The predicted molar refractivity (Wildman–Crippen MR) is 128 cm³/mol. The Morgan fingerprint density at radius 3 is 2.35 bits per heavy atom. The Kier molecular flexibility index (Phi) is 7.74. The highest BCUT2D eigenvalue weighted by Crippen LogP contribution is 2.23. The molecule has 0 spiro atoms. The van der Waals surface area contributed by atoms with Crippen LogP contribution in [0.3, 0.4) is 0 Å². The summed E-state index contributed by atoms with van der Waals surface area (Å²) in [6.07, 6.45) is 8.57. The molecule has 1 aliphatic carbocycles. The number of nitrogens with zero attached hydrogens (tertiary/aromatic N) is 1. The van der Waals surface area contributed by atoms with Gasteiger partial charge in [-0.1, -0.05) is 71.2 Å². The zero-order valence-electron chi connectivity index (χ0n) is 19.7. The summed E-state index contributed by atoms with van der Waals surface area (Å²) >= 11 is 0. The first kappa shape index (κ1) is 23.3. The van der Waals surface area contributed by atoms with Gasteiger partial charge in [-0.25, -0.2) is 0 Å². The number of benzene rings is 1. The third kappa shape index (κ3) is 5.87. The van der Waals surface area contributed by atoms with E-state index in [9.17, 15) is 9.59 Å². The molecule has 4 nitrogen and oxygen atoms in total. The molecule has 0 saturated carbocycles. The third-order valence-electron chi connectivity index (χ3n) is 6.35. The van der Waals surface area contributed by atoms with Crippen molar-refractivity contribution < 1.29 is 4.79 Å². The van der Waals surface area contributed by atoms with Gasteiger partial charge in [0.1, 0.15) is 5.56 Å². The van der Waals surface area contributed by atoms with Crippen molar-refractivity contribution in [2.24, 2.45) is 0 Å². The number of carbonyl (C=O) groups is 1. The van der Waals surface area contributed by atoms with Crippen LogP contribution in [-0.2, 0) is 31.3 Å². The summed E-state index contributed by atoms with van der Waals surface area (Å²) in [6, 6.07) is 10.2. The lowest BCUT2D eigenvalue weighted by molar-refractivity contribution is 0.0948. The molecular formula is C27H38N2O2. The molecule has 0 unspecified atom stereocenters. The van der Waals surface area contributed by atoms with Gasteiger partial charge in [0, 0.05) is 18.8 Å². The Hall–Kier alpha value is -2.36. The topological polar surface area (TPSA) is 51.1 Å². The van der Waals surface area contributed by atoms with Gasteiger partial charge in [-0.05, 0) is 60.3 Å². The Balaban J connectivity index is 1.82. The van der Waals surface area contributed by atoms with E-state index in [-0.39, 0.29) is 16.9 Å². The molecule has 1 amide bonds. The quantitative estimate of drug-likeness (QED) is 0.665. The Labute approximate surface area is 187 Å². The lowest BCUT2D eigenvalue weighted by atomic mass is 9.87. The van der Waals surface area contributed by atoms with Gasteiger partial charge in [0.05, 0.1) is 0 Å². The van der Waals surface area contributed by atoms with E-state index in [1.807, 2.05) is 10.6 Å². The normalized spacial score (nSPS) is 14.5. The molecule has 0 atom stereocenters. The first-order valence-electron chi connectivity index (χ1n) is 11.9. The van der Waals surface area contributed by atoms with Crippen molar-refractivity contribution >= 4 is 5.91 Å². The molecule has 1 aliphatic rings. The molecular weight excluding hydrogens is 384 g/mol. The summed E-state index contributed by atoms with van der Waals surface area (Å²) in [5, 5.41) is 2.98. The third-order valence-corrected chi connectivity index (χ3v) is 6.35. The molecule has 0 fully saturated rings. The molecule has 0 radical (unpaired) electrons. The van der Waals surface area contributed by atoms with Crippen LogP contribution in [0.15, 0.2) is 35.1 Å². The van der Waals surface area contributed by atoms with Crippen molar-refractivity contribution in [3.8, 4) is 0 Å². The number of aromatic nitrogens is 1. The fourth-order valence-corrected chi connectivity index (χ4v) is 4.35. The summed E-state index contributed by atoms with van der Waals surface area (Å²) < 4.78 is 1.90. The number of hydrogen-bond donors (Lipinski definition) is 1. The van der Waals surface area contributed by atoms with E-state index < -0.39 is 0 Å². The van der Waals surface area contributed by atoms with E-state index in [2.05, 4.69) is 57.3 Å². The number of hydrogen-bond acceptors (Lipinski definition) is 2. The molecule has 1 N–H and O–H groups in total. The first-order valence-corrected chi connectivity index (χ1v) is 11.9. The predicted octanol–water partition coefficient (Wildman–Crippen LogP) is 5.53. The Morgan fingerprint density at radius 2 is 1.71 bits per heavy atom. The van der Waals surface area contributed by atoms with E-state index in [0.717, 1.165) is 49.8 Å². The number of amides is 1. The number of fused-ring (bicyclic) bond motifs is 1. The highest BCUT2D eigenvalue weighted by Gasteiger charge is 2.20. The maximum absolute atomic E-state index is 13.3. The van der Waals surface area contributed by atoms with Crippen LogP contribution in [0.25, 0.3) is 0 Å². The van der Waals surface area contributed by atoms with Gasteiger partial charge in [0.2, 0.25) is 0 Å². The second kappa shape index (κ2) is 10.3. The summed E-state index contributed by atoms with van der Waals surface area (Å²) in [5.74, 6) is -0.264. The maximum atomic E-state index is 13.3. The van der Waals surface area contributed by atoms with Crippen LogP contribution in [0.4, 0.5) is 0 Å². The average Bonchev–Trinajstić information content (AvgIpc) is 2.72. The molecule has 1 aromatic carbocycles. The van der Waals surface area contributed by atoms with Gasteiger partial charge in [-0.2, -0.15) is 0 Å². The van der Waals surface area contributed by atoms with Gasteiger partial charge in [0.15, 0.2) is 0 Å². The van der Waals surface area contributed by atoms with Crippen molar-refractivity contribution in [1.29, 1.82) is 0 Å². The molecule has 0 saturated heterocycles. The van der Waals surface area contributed by atoms with Crippen LogP contribution in [-0.4, -0.2) is 10.5 Å². The minimum Gasteiger partial charge on any atom is -0.348 e. The van der Waals surface area contributed by atoms with E-state index in [1.165, 1.54) is 24.0 Å². The summed E-state index contributed by atoms with van der Waals surface area (Å²) in [6.45, 7) is 9.83. The summed E-state index contributed by atoms with van der Waals surface area (Å²) in [5.41, 5.74) is 4.92. The van der Waals surface area contributed by atoms with E-state index in [0.29, 0.717) is 18.7 Å². The lowest BCUT2D eigenvalue weighted by Gasteiger charge is -2.21. The monoisotopic (exact) mass is 422 g/mol. The Bertz CT molecular complexity index is 949. The fraction of sp³-hybridized carbons (Fsp3) is 0.556. The molecule has 3 rings (SSSR count). The number of rotatable bonds is 6. The zero-order chi connectivity index (χ0) is 22.4. The second-order valence-corrected chi connectivity index (χ2v) is 9.88. The highest BCUT2D eigenvalue weighted by atomic mass is 16.2. The second-order valence-electron chi connectivity index (χ2n) is 9.88. The largest absolute Gasteiger partial charge is 0.348 e. The number of carbonyl (C=O) groups excluding carboxylic acids is 1. The maximum Gasteiger partial charge on any atom is 0.263 e. The minimum absolute atomic E-state index is 0.103. The van der Waals surface area contributed by atoms with Crippen molar-refractivity contribution in [3.63, 3.8) is 0 Å². The van der Waals surface area contributed by atoms with Crippen LogP contribution < -0.4 is 10.9 Å². The minimum atomic E-state index is -0.264. The van der Waals surface area contributed by atoms with Gasteiger partial charge in [0.25, 0.3) is 11.5 Å². The van der Waals surface area contributed by atoms with Crippen molar-refractivity contribution in [2.75, 3.05) is 0 Å². The smallest absolute Gasteiger partial charge is 0.263 e. The van der Waals surface area contributed by atoms with Gasteiger partial charge >= 0.3 is 0 Å². The van der Waals surface area contributed by atoms with Gasteiger partial charge < -0.3 is 9.88 Å². The molecule has 0 bridgehead atoms. The van der Waals surface area contributed by atoms with Crippen LogP contribution in [0.2, 0.25) is 0 Å². The SMILES string of the molecule is CCCCn1c2c(cc(C(=O)NCc3ccc(C(C)(C)C)cc3)c1=O)CCCCCC2. The molecule has 1 heterocycles. The van der Waals surface area contributed by atoms with Crippen LogP contribution >= 0.6 is 0 Å². The zero-order valence-corrected chi connectivity index (χ0v) is 19.7. The van der Waals surface area contributed by atoms with Crippen LogP contribution in [0, 0.1) is 0 Å². The Morgan fingerprint density at radius 1 is 1.03 bits per heavy atom. The molecule has 4 heteroatoms. The number of unbranched alkanes of at least 4 members (excludes halogenated alkanes) is 1. The van der Waals surface area contributed by atoms with Crippen molar-refractivity contribution in [2.45, 2.75) is 97.6 Å². The molecule has 1 aromatic heterocycles. The van der Waals surface area contributed by atoms with Crippen molar-refractivity contribution in [3.05, 3.63) is 68.6 Å². The van der Waals surface area contributed by atoms with Crippen LogP contribution in [0.1, 0.15) is 99.0 Å². The van der Waals surface area contributed by atoms with E-state index in [1.54, 1.807) is 0 Å². The molecule has 2 aromatic rings. The van der Waals surface area contributed by atoms with Gasteiger partial charge in [-0.15, -0.1) is 0 Å². The lowest BCUT2D eigenvalue weighted by Crippen LogP contribution is -2.35. The van der Waals surface area contributed by atoms with E-state index in [4.69, 9.17) is 0 Å². The summed E-state index contributed by atoms with van der Waals surface area (Å²) in [7, 11) is 0. The number of nitrogens with one attached hydrogen (secondary N) is 1. The molecule has 31 heavy (non-hydrogen) atoms.